The Labute approximate surface area is 134 Å². The molecular weight excluding hydrogens is 357 g/mol. The molecule has 2 aromatic carbocycles. The van der Waals surface area contributed by atoms with Gasteiger partial charge in [-0.15, -0.1) is 0 Å². The van der Waals surface area contributed by atoms with Crippen LogP contribution in [0.2, 0.25) is 0 Å². The normalized spacial score (nSPS) is 18.4. The molecule has 1 aliphatic rings. The molecule has 1 saturated heterocycles. The van der Waals surface area contributed by atoms with E-state index in [0.29, 0.717) is 5.92 Å². The van der Waals surface area contributed by atoms with Crippen LogP contribution in [0.3, 0.4) is 0 Å². The average molecular weight is 377 g/mol. The minimum absolute atomic E-state index is 0.654. The molecule has 1 fully saturated rings. The predicted molar refractivity (Wildman–Crippen MR) is 94.3 cm³/mol. The molecule has 1 nitrogen and oxygen atoms in total. The van der Waals surface area contributed by atoms with E-state index in [1.807, 2.05) is 0 Å². The Morgan fingerprint density at radius 3 is 2.60 bits per heavy atom. The zero-order valence-corrected chi connectivity index (χ0v) is 14.2. The highest BCUT2D eigenvalue weighted by Crippen LogP contribution is 2.34. The summed E-state index contributed by atoms with van der Waals surface area (Å²) < 4.78 is 1.33. The summed E-state index contributed by atoms with van der Waals surface area (Å²) in [5.74, 6) is 0.654. The Balaban J connectivity index is 2.09. The topological polar surface area (TPSA) is 12.0 Å². The minimum atomic E-state index is 0.654. The van der Waals surface area contributed by atoms with Gasteiger partial charge in [0.1, 0.15) is 0 Å². The fourth-order valence-corrected chi connectivity index (χ4v) is 3.48. The van der Waals surface area contributed by atoms with Gasteiger partial charge in [0, 0.05) is 10.1 Å². The highest BCUT2D eigenvalue weighted by atomic mass is 127. The lowest BCUT2D eigenvalue weighted by Gasteiger charge is -2.16. The van der Waals surface area contributed by atoms with Crippen LogP contribution in [0, 0.1) is 17.4 Å². The van der Waals surface area contributed by atoms with Gasteiger partial charge < -0.3 is 5.32 Å². The lowest BCUT2D eigenvalue weighted by molar-refractivity contribution is 0.764. The SMILES string of the molecule is Cc1ccc(-c2ccc(I)cc2C2CCNC2)cc1C. The largest absolute Gasteiger partial charge is 0.316 e. The molecule has 1 atom stereocenters. The maximum absolute atomic E-state index is 3.49. The van der Waals surface area contributed by atoms with Crippen LogP contribution >= 0.6 is 22.6 Å². The maximum Gasteiger partial charge on any atom is 0.0133 e. The third-order valence-corrected chi connectivity index (χ3v) is 5.00. The second kappa shape index (κ2) is 5.86. The Kier molecular flexibility index (Phi) is 4.13. The van der Waals surface area contributed by atoms with E-state index >= 15 is 0 Å². The van der Waals surface area contributed by atoms with Crippen molar-refractivity contribution < 1.29 is 0 Å². The molecule has 104 valence electrons. The van der Waals surface area contributed by atoms with Crippen LogP contribution in [0.15, 0.2) is 36.4 Å². The molecule has 0 amide bonds. The van der Waals surface area contributed by atoms with Gasteiger partial charge in [0.2, 0.25) is 0 Å². The van der Waals surface area contributed by atoms with Crippen molar-refractivity contribution in [2.75, 3.05) is 13.1 Å². The van der Waals surface area contributed by atoms with Crippen LogP contribution in [-0.4, -0.2) is 13.1 Å². The first kappa shape index (κ1) is 14.1. The number of rotatable bonds is 2. The van der Waals surface area contributed by atoms with Crippen LogP contribution in [0.4, 0.5) is 0 Å². The molecular formula is C18H20IN. The van der Waals surface area contributed by atoms with Crippen LogP contribution in [-0.2, 0) is 0 Å². The van der Waals surface area contributed by atoms with E-state index in [2.05, 4.69) is 78.2 Å². The van der Waals surface area contributed by atoms with Crippen molar-refractivity contribution >= 4 is 22.6 Å². The van der Waals surface area contributed by atoms with E-state index in [4.69, 9.17) is 0 Å². The van der Waals surface area contributed by atoms with E-state index < -0.39 is 0 Å². The van der Waals surface area contributed by atoms with E-state index in [0.717, 1.165) is 13.1 Å². The quantitative estimate of drug-likeness (QED) is 0.752. The van der Waals surface area contributed by atoms with Crippen molar-refractivity contribution in [1.29, 1.82) is 0 Å². The highest BCUT2D eigenvalue weighted by molar-refractivity contribution is 14.1. The van der Waals surface area contributed by atoms with Gasteiger partial charge in [-0.1, -0.05) is 24.3 Å². The Hall–Kier alpha value is -0.870. The molecule has 2 heteroatoms. The first-order valence-electron chi connectivity index (χ1n) is 7.23. The summed E-state index contributed by atoms with van der Waals surface area (Å²) in [4.78, 5) is 0. The van der Waals surface area contributed by atoms with E-state index in [-0.39, 0.29) is 0 Å². The Bertz CT molecular complexity index is 627. The monoisotopic (exact) mass is 377 g/mol. The molecule has 0 aliphatic carbocycles. The highest BCUT2D eigenvalue weighted by Gasteiger charge is 2.20. The second-order valence-corrected chi connectivity index (χ2v) is 6.97. The van der Waals surface area contributed by atoms with E-state index in [1.165, 1.54) is 37.8 Å². The summed E-state index contributed by atoms with van der Waals surface area (Å²) in [5.41, 5.74) is 7.00. The smallest absolute Gasteiger partial charge is 0.0133 e. The zero-order valence-electron chi connectivity index (χ0n) is 12.0. The maximum atomic E-state index is 3.49. The number of halogens is 1. The molecule has 2 aromatic rings. The standard InChI is InChI=1S/C18H20IN/c1-12-3-4-14(9-13(12)2)17-6-5-16(19)10-18(17)15-7-8-20-11-15/h3-6,9-10,15,20H,7-8,11H2,1-2H3. The van der Waals surface area contributed by atoms with Gasteiger partial charge in [0.15, 0.2) is 0 Å². The molecule has 0 spiro atoms. The fraction of sp³-hybridized carbons (Fsp3) is 0.333. The van der Waals surface area contributed by atoms with E-state index in [9.17, 15) is 0 Å². The first-order valence-corrected chi connectivity index (χ1v) is 8.31. The summed E-state index contributed by atoms with van der Waals surface area (Å²) in [6, 6.07) is 13.7. The molecule has 0 radical (unpaired) electrons. The van der Waals surface area contributed by atoms with Crippen LogP contribution in [0.25, 0.3) is 11.1 Å². The Morgan fingerprint density at radius 1 is 1.05 bits per heavy atom. The molecule has 1 N–H and O–H groups in total. The van der Waals surface area contributed by atoms with Crippen molar-refractivity contribution in [3.8, 4) is 11.1 Å². The van der Waals surface area contributed by atoms with Crippen molar-refractivity contribution in [2.45, 2.75) is 26.2 Å². The van der Waals surface area contributed by atoms with E-state index in [1.54, 1.807) is 0 Å². The van der Waals surface area contributed by atoms with Gasteiger partial charge in [0.25, 0.3) is 0 Å². The molecule has 0 aromatic heterocycles. The predicted octanol–water partition coefficient (Wildman–Crippen LogP) is 4.65. The Morgan fingerprint density at radius 2 is 1.90 bits per heavy atom. The van der Waals surface area contributed by atoms with Gasteiger partial charge in [-0.05, 0) is 95.3 Å². The lowest BCUT2D eigenvalue weighted by atomic mass is 9.89. The fourth-order valence-electron chi connectivity index (χ4n) is 2.96. The summed E-state index contributed by atoms with van der Waals surface area (Å²) >= 11 is 2.42. The number of hydrogen-bond acceptors (Lipinski definition) is 1. The minimum Gasteiger partial charge on any atom is -0.316 e. The van der Waals surface area contributed by atoms with Crippen LogP contribution < -0.4 is 5.32 Å². The summed E-state index contributed by atoms with van der Waals surface area (Å²) in [7, 11) is 0. The van der Waals surface area contributed by atoms with Gasteiger partial charge in [-0.2, -0.15) is 0 Å². The van der Waals surface area contributed by atoms with Gasteiger partial charge in [-0.3, -0.25) is 0 Å². The number of benzene rings is 2. The van der Waals surface area contributed by atoms with Crippen LogP contribution in [0.5, 0.6) is 0 Å². The summed E-state index contributed by atoms with van der Waals surface area (Å²) in [6.07, 6.45) is 1.25. The van der Waals surface area contributed by atoms with Gasteiger partial charge >= 0.3 is 0 Å². The van der Waals surface area contributed by atoms with Crippen molar-refractivity contribution in [2.24, 2.45) is 0 Å². The number of aryl methyl sites for hydroxylation is 2. The third kappa shape index (κ3) is 2.77. The second-order valence-electron chi connectivity index (χ2n) is 5.72. The molecule has 0 bridgehead atoms. The molecule has 1 heterocycles. The van der Waals surface area contributed by atoms with Crippen LogP contribution in [0.1, 0.15) is 29.0 Å². The van der Waals surface area contributed by atoms with Crippen molar-refractivity contribution in [3.05, 3.63) is 56.7 Å². The molecule has 3 rings (SSSR count). The summed E-state index contributed by atoms with van der Waals surface area (Å²) in [5, 5.41) is 3.49. The molecule has 20 heavy (non-hydrogen) atoms. The lowest BCUT2D eigenvalue weighted by Crippen LogP contribution is -2.08. The molecule has 1 unspecified atom stereocenters. The first-order chi connectivity index (χ1) is 9.65. The number of nitrogens with one attached hydrogen (secondary N) is 1. The number of hydrogen-bond donors (Lipinski definition) is 1. The third-order valence-electron chi connectivity index (χ3n) is 4.33. The average Bonchev–Trinajstić information content (AvgIpc) is 2.96. The summed E-state index contributed by atoms with van der Waals surface area (Å²) in [6.45, 7) is 6.62. The molecule has 0 saturated carbocycles. The zero-order chi connectivity index (χ0) is 14.1. The van der Waals surface area contributed by atoms with Gasteiger partial charge in [0.05, 0.1) is 0 Å². The van der Waals surface area contributed by atoms with Crippen molar-refractivity contribution in [1.82, 2.24) is 5.32 Å². The van der Waals surface area contributed by atoms with Gasteiger partial charge in [-0.25, -0.2) is 0 Å². The van der Waals surface area contributed by atoms with Crippen molar-refractivity contribution in [3.63, 3.8) is 0 Å². The molecule has 1 aliphatic heterocycles.